The van der Waals surface area contributed by atoms with Gasteiger partial charge < -0.3 is 0 Å². The van der Waals surface area contributed by atoms with Gasteiger partial charge in [-0.3, -0.25) is 0 Å². The average molecular weight is 191 g/mol. The molecule has 0 bridgehead atoms. The van der Waals surface area contributed by atoms with Gasteiger partial charge in [-0.15, -0.1) is 0 Å². The lowest BCUT2D eigenvalue weighted by Crippen LogP contribution is -1.86. The van der Waals surface area contributed by atoms with E-state index in [4.69, 9.17) is 0 Å². The van der Waals surface area contributed by atoms with Gasteiger partial charge in [0, 0.05) is 17.8 Å². The Morgan fingerprint density at radius 2 is 1.79 bits per heavy atom. The molecule has 2 aromatic rings. The van der Waals surface area contributed by atoms with Crippen molar-refractivity contribution in [2.45, 2.75) is 0 Å². The van der Waals surface area contributed by atoms with Gasteiger partial charge >= 0.3 is 0 Å². The molecule has 0 spiro atoms. The number of hydrogen-bond acceptors (Lipinski definition) is 1. The third-order valence-corrected chi connectivity index (χ3v) is 1.91. The topological polar surface area (TPSA) is 12.9 Å². The Bertz CT molecular complexity index is 455. The van der Waals surface area contributed by atoms with Crippen LogP contribution in [0.15, 0.2) is 42.6 Å². The Balaban J connectivity index is 2.55. The lowest BCUT2D eigenvalue weighted by atomic mass is 10.1. The molecule has 0 aliphatic rings. The van der Waals surface area contributed by atoms with Crippen molar-refractivity contribution < 1.29 is 8.78 Å². The molecule has 0 fully saturated rings. The number of halogens is 2. The summed E-state index contributed by atoms with van der Waals surface area (Å²) in [6.45, 7) is 0. The van der Waals surface area contributed by atoms with Crippen LogP contribution in [0.25, 0.3) is 11.1 Å². The Labute approximate surface area is 80.0 Å². The number of pyridine rings is 1. The van der Waals surface area contributed by atoms with Crippen LogP contribution in [0.3, 0.4) is 0 Å². The maximum Gasteiger partial charge on any atom is 0.213 e. The van der Waals surface area contributed by atoms with Gasteiger partial charge in [0.05, 0.1) is 0 Å². The van der Waals surface area contributed by atoms with Crippen molar-refractivity contribution in [2.24, 2.45) is 0 Å². The molecule has 70 valence electrons. The van der Waals surface area contributed by atoms with Crippen molar-refractivity contribution in [3.8, 4) is 11.1 Å². The zero-order chi connectivity index (χ0) is 9.97. The molecule has 0 saturated heterocycles. The highest BCUT2D eigenvalue weighted by Gasteiger charge is 2.04. The van der Waals surface area contributed by atoms with Crippen LogP contribution >= 0.6 is 0 Å². The van der Waals surface area contributed by atoms with Crippen LogP contribution in [0.4, 0.5) is 8.78 Å². The molecule has 0 aliphatic heterocycles. The van der Waals surface area contributed by atoms with Crippen molar-refractivity contribution in [2.75, 3.05) is 0 Å². The van der Waals surface area contributed by atoms with E-state index >= 15 is 0 Å². The lowest BCUT2D eigenvalue weighted by molar-refractivity contribution is 0.584. The summed E-state index contributed by atoms with van der Waals surface area (Å²) < 4.78 is 26.0. The summed E-state index contributed by atoms with van der Waals surface area (Å²) in [5.74, 6) is -0.969. The van der Waals surface area contributed by atoms with Crippen LogP contribution < -0.4 is 0 Å². The van der Waals surface area contributed by atoms with Crippen LogP contribution in [-0.2, 0) is 0 Å². The second kappa shape index (κ2) is 3.54. The molecule has 0 N–H and O–H groups in total. The molecular weight excluding hydrogens is 184 g/mol. The third kappa shape index (κ3) is 1.62. The van der Waals surface area contributed by atoms with E-state index in [0.717, 1.165) is 0 Å². The minimum Gasteiger partial charge on any atom is -0.228 e. The number of aromatic nitrogens is 1. The van der Waals surface area contributed by atoms with Crippen molar-refractivity contribution in [3.63, 3.8) is 0 Å². The van der Waals surface area contributed by atoms with Crippen LogP contribution in [0.5, 0.6) is 0 Å². The van der Waals surface area contributed by atoms with Gasteiger partial charge in [0.25, 0.3) is 0 Å². The Hall–Kier alpha value is -1.77. The fourth-order valence-electron chi connectivity index (χ4n) is 1.27. The van der Waals surface area contributed by atoms with Crippen molar-refractivity contribution in [1.82, 2.24) is 4.98 Å². The van der Waals surface area contributed by atoms with Gasteiger partial charge in [-0.05, 0) is 17.7 Å². The molecule has 3 heteroatoms. The summed E-state index contributed by atoms with van der Waals surface area (Å²) in [4.78, 5) is 3.41. The van der Waals surface area contributed by atoms with E-state index in [1.165, 1.54) is 18.3 Å². The van der Waals surface area contributed by atoms with Gasteiger partial charge in [0.1, 0.15) is 5.82 Å². The summed E-state index contributed by atoms with van der Waals surface area (Å²) in [5, 5.41) is 0. The van der Waals surface area contributed by atoms with Gasteiger partial charge in [0.15, 0.2) is 0 Å². The van der Waals surface area contributed by atoms with E-state index in [1.54, 1.807) is 24.3 Å². The monoisotopic (exact) mass is 191 g/mol. The highest BCUT2D eigenvalue weighted by Crippen LogP contribution is 2.21. The Kier molecular flexibility index (Phi) is 2.23. The molecule has 1 aromatic carbocycles. The maximum absolute atomic E-state index is 13.3. The maximum atomic E-state index is 13.3. The summed E-state index contributed by atoms with van der Waals surface area (Å²) >= 11 is 0. The molecular formula is C11H7F2N. The van der Waals surface area contributed by atoms with Gasteiger partial charge in [-0.2, -0.15) is 4.39 Å². The highest BCUT2D eigenvalue weighted by atomic mass is 19.1. The largest absolute Gasteiger partial charge is 0.228 e. The third-order valence-electron chi connectivity index (χ3n) is 1.91. The van der Waals surface area contributed by atoms with Crippen molar-refractivity contribution in [1.29, 1.82) is 0 Å². The molecule has 0 amide bonds. The molecule has 0 atom stereocenters. The first-order valence-electron chi connectivity index (χ1n) is 4.14. The number of hydrogen-bond donors (Lipinski definition) is 0. The van der Waals surface area contributed by atoms with Gasteiger partial charge in [-0.25, -0.2) is 9.37 Å². The fraction of sp³-hybridized carbons (Fsp3) is 0. The van der Waals surface area contributed by atoms with Crippen molar-refractivity contribution >= 4 is 0 Å². The summed E-state index contributed by atoms with van der Waals surface area (Å²) in [6.07, 6.45) is 1.32. The summed E-state index contributed by atoms with van der Waals surface area (Å²) in [6, 6.07) is 9.02. The van der Waals surface area contributed by atoms with Crippen molar-refractivity contribution in [3.05, 3.63) is 54.4 Å². The summed E-state index contributed by atoms with van der Waals surface area (Å²) in [5.41, 5.74) is 0.879. The predicted molar refractivity (Wildman–Crippen MR) is 49.6 cm³/mol. The first-order valence-corrected chi connectivity index (χ1v) is 4.14. The zero-order valence-electron chi connectivity index (χ0n) is 7.24. The minimum atomic E-state index is -0.606. The molecule has 0 saturated carbocycles. The first-order chi connectivity index (χ1) is 6.77. The molecule has 14 heavy (non-hydrogen) atoms. The number of nitrogens with zero attached hydrogens (tertiary/aromatic N) is 1. The van der Waals surface area contributed by atoms with E-state index in [0.29, 0.717) is 11.1 Å². The second-order valence-corrected chi connectivity index (χ2v) is 2.85. The molecule has 0 aliphatic carbocycles. The number of benzene rings is 1. The van der Waals surface area contributed by atoms with E-state index in [9.17, 15) is 8.78 Å². The van der Waals surface area contributed by atoms with Crippen LogP contribution in [0.2, 0.25) is 0 Å². The van der Waals surface area contributed by atoms with Crippen LogP contribution in [0.1, 0.15) is 0 Å². The number of rotatable bonds is 1. The molecule has 0 radical (unpaired) electrons. The quantitative estimate of drug-likeness (QED) is 0.631. The Morgan fingerprint density at radius 1 is 1.00 bits per heavy atom. The fourth-order valence-corrected chi connectivity index (χ4v) is 1.27. The van der Waals surface area contributed by atoms with Crippen LogP contribution in [-0.4, -0.2) is 4.98 Å². The Morgan fingerprint density at radius 3 is 2.50 bits per heavy atom. The van der Waals surface area contributed by atoms with Gasteiger partial charge in [0.2, 0.25) is 5.95 Å². The predicted octanol–water partition coefficient (Wildman–Crippen LogP) is 3.03. The van der Waals surface area contributed by atoms with E-state index in [2.05, 4.69) is 4.98 Å². The van der Waals surface area contributed by atoms with E-state index < -0.39 is 5.95 Å². The molecule has 1 heterocycles. The molecule has 1 nitrogen and oxygen atoms in total. The van der Waals surface area contributed by atoms with E-state index in [-0.39, 0.29) is 5.82 Å². The summed E-state index contributed by atoms with van der Waals surface area (Å²) in [7, 11) is 0. The molecule has 1 aromatic heterocycles. The smallest absolute Gasteiger partial charge is 0.213 e. The average Bonchev–Trinajstić information content (AvgIpc) is 2.18. The second-order valence-electron chi connectivity index (χ2n) is 2.85. The van der Waals surface area contributed by atoms with E-state index in [1.807, 2.05) is 0 Å². The SMILES string of the molecule is Fc1cc(-c2ccccc2F)ccn1. The van der Waals surface area contributed by atoms with Gasteiger partial charge in [-0.1, -0.05) is 18.2 Å². The zero-order valence-corrected chi connectivity index (χ0v) is 7.24. The lowest BCUT2D eigenvalue weighted by Gasteiger charge is -2.01. The minimum absolute atomic E-state index is 0.363. The normalized spacial score (nSPS) is 10.1. The highest BCUT2D eigenvalue weighted by molar-refractivity contribution is 5.63. The standard InChI is InChI=1S/C11H7F2N/c12-10-4-2-1-3-9(10)8-5-6-14-11(13)7-8/h1-7H. The van der Waals surface area contributed by atoms with Crippen LogP contribution in [0, 0.1) is 11.8 Å². The molecule has 2 rings (SSSR count). The first kappa shape index (κ1) is 8.81. The molecule has 0 unspecified atom stereocenters.